The number of thiophene rings is 1. The lowest BCUT2D eigenvalue weighted by Gasteiger charge is -2.28. The van der Waals surface area contributed by atoms with Crippen molar-refractivity contribution in [2.24, 2.45) is 11.8 Å². The highest BCUT2D eigenvalue weighted by Crippen LogP contribution is 2.44. The maximum Gasteiger partial charge on any atom is 0.236 e. The van der Waals surface area contributed by atoms with Crippen molar-refractivity contribution in [1.82, 2.24) is 10.2 Å². The number of carbonyl (C=O) groups excluding carboxylic acids is 1. The van der Waals surface area contributed by atoms with Crippen LogP contribution in [0.3, 0.4) is 0 Å². The molecule has 0 aromatic carbocycles. The topological polar surface area (TPSA) is 32.3 Å². The third-order valence-corrected chi connectivity index (χ3v) is 5.93. The van der Waals surface area contributed by atoms with Crippen LogP contribution in [0.2, 0.25) is 0 Å². The van der Waals surface area contributed by atoms with Crippen LogP contribution < -0.4 is 5.32 Å². The van der Waals surface area contributed by atoms with E-state index in [4.69, 9.17) is 0 Å². The van der Waals surface area contributed by atoms with Crippen LogP contribution in [0.15, 0.2) is 11.4 Å². The second-order valence-corrected chi connectivity index (χ2v) is 7.52. The number of nitrogens with zero attached hydrogens (tertiary/aromatic N) is 1. The van der Waals surface area contributed by atoms with Crippen LogP contribution >= 0.6 is 11.3 Å². The van der Waals surface area contributed by atoms with Gasteiger partial charge >= 0.3 is 0 Å². The van der Waals surface area contributed by atoms with Gasteiger partial charge in [-0.2, -0.15) is 0 Å². The molecule has 1 amide bonds. The van der Waals surface area contributed by atoms with E-state index in [9.17, 15) is 4.79 Å². The van der Waals surface area contributed by atoms with Gasteiger partial charge in [0.25, 0.3) is 0 Å². The first-order valence-electron chi connectivity index (χ1n) is 7.87. The summed E-state index contributed by atoms with van der Waals surface area (Å²) in [6, 6.07) is 2.80. The Morgan fingerprint density at radius 3 is 2.80 bits per heavy atom. The molecular formula is C16H22N2OS. The van der Waals surface area contributed by atoms with Gasteiger partial charge in [0.1, 0.15) is 0 Å². The van der Waals surface area contributed by atoms with Gasteiger partial charge in [0.15, 0.2) is 0 Å². The smallest absolute Gasteiger partial charge is 0.236 e. The zero-order valence-corrected chi connectivity index (χ0v) is 12.6. The monoisotopic (exact) mass is 290 g/mol. The molecule has 0 spiro atoms. The molecule has 0 saturated heterocycles. The molecule has 4 rings (SSSR count). The number of amides is 1. The Morgan fingerprint density at radius 2 is 2.10 bits per heavy atom. The number of rotatable bonds is 5. The lowest BCUT2D eigenvalue weighted by atomic mass is 10.1. The molecule has 0 atom stereocenters. The van der Waals surface area contributed by atoms with Crippen molar-refractivity contribution in [3.63, 3.8) is 0 Å². The van der Waals surface area contributed by atoms with Gasteiger partial charge in [-0.15, -0.1) is 11.3 Å². The van der Waals surface area contributed by atoms with Crippen molar-refractivity contribution >= 4 is 17.2 Å². The highest BCUT2D eigenvalue weighted by Gasteiger charge is 2.41. The van der Waals surface area contributed by atoms with Gasteiger partial charge in [-0.05, 0) is 60.9 Å². The van der Waals surface area contributed by atoms with E-state index in [1.54, 1.807) is 0 Å². The zero-order valence-electron chi connectivity index (χ0n) is 11.8. The van der Waals surface area contributed by atoms with Gasteiger partial charge < -0.3 is 10.2 Å². The fraction of sp³-hybridized carbons (Fsp3) is 0.688. The van der Waals surface area contributed by atoms with Crippen LogP contribution in [0.5, 0.6) is 0 Å². The standard InChI is InChI=1S/C16H22N2OS/c19-15(9-17-16(11-1-2-11)12-3-4-12)18-7-5-14-13(10-18)6-8-20-14/h6,8,11-12,16-17H,1-5,7,9-10H2. The molecule has 4 heteroatoms. The molecule has 1 aliphatic heterocycles. The van der Waals surface area contributed by atoms with Crippen molar-refractivity contribution in [1.29, 1.82) is 0 Å². The summed E-state index contributed by atoms with van der Waals surface area (Å²) in [6.07, 6.45) is 6.50. The summed E-state index contributed by atoms with van der Waals surface area (Å²) in [5.74, 6) is 2.01. The average molecular weight is 290 g/mol. The summed E-state index contributed by atoms with van der Waals surface area (Å²) in [7, 11) is 0. The molecule has 20 heavy (non-hydrogen) atoms. The molecule has 2 fully saturated rings. The normalized spacial score (nSPS) is 22.1. The number of nitrogens with one attached hydrogen (secondary N) is 1. The van der Waals surface area contributed by atoms with Crippen LogP contribution in [0.25, 0.3) is 0 Å². The van der Waals surface area contributed by atoms with Crippen molar-refractivity contribution in [2.75, 3.05) is 13.1 Å². The van der Waals surface area contributed by atoms with Gasteiger partial charge in [-0.25, -0.2) is 0 Å². The Balaban J connectivity index is 1.32. The second-order valence-electron chi connectivity index (χ2n) is 6.52. The molecule has 108 valence electrons. The molecule has 3 aliphatic rings. The Morgan fingerprint density at radius 1 is 1.35 bits per heavy atom. The van der Waals surface area contributed by atoms with E-state index in [1.165, 1.54) is 36.1 Å². The first kappa shape index (κ1) is 12.8. The minimum Gasteiger partial charge on any atom is -0.337 e. The molecule has 3 nitrogen and oxygen atoms in total. The summed E-state index contributed by atoms with van der Waals surface area (Å²) in [5.41, 5.74) is 1.36. The summed E-state index contributed by atoms with van der Waals surface area (Å²) >= 11 is 1.83. The van der Waals surface area contributed by atoms with E-state index >= 15 is 0 Å². The van der Waals surface area contributed by atoms with Crippen LogP contribution in [-0.4, -0.2) is 29.9 Å². The summed E-state index contributed by atoms with van der Waals surface area (Å²) < 4.78 is 0. The quantitative estimate of drug-likeness (QED) is 0.903. The average Bonchev–Trinajstić information content (AvgIpc) is 3.38. The highest BCUT2D eigenvalue weighted by atomic mass is 32.1. The molecule has 1 aromatic heterocycles. The van der Waals surface area contributed by atoms with E-state index in [2.05, 4.69) is 16.8 Å². The second kappa shape index (κ2) is 5.15. The minimum absolute atomic E-state index is 0.285. The first-order chi connectivity index (χ1) is 9.81. The van der Waals surface area contributed by atoms with Gasteiger partial charge in [0.2, 0.25) is 5.91 Å². The Hall–Kier alpha value is -0.870. The van der Waals surface area contributed by atoms with E-state index in [-0.39, 0.29) is 5.91 Å². The molecular weight excluding hydrogens is 268 g/mol. The lowest BCUT2D eigenvalue weighted by molar-refractivity contribution is -0.131. The molecule has 0 bridgehead atoms. The highest BCUT2D eigenvalue weighted by molar-refractivity contribution is 7.10. The third kappa shape index (κ3) is 2.63. The Kier molecular flexibility index (Phi) is 3.31. The maximum absolute atomic E-state index is 12.4. The van der Waals surface area contributed by atoms with E-state index in [1.807, 2.05) is 16.2 Å². The van der Waals surface area contributed by atoms with Crippen LogP contribution in [0.4, 0.5) is 0 Å². The summed E-state index contributed by atoms with van der Waals surface area (Å²) in [5, 5.41) is 5.72. The largest absolute Gasteiger partial charge is 0.337 e. The van der Waals surface area contributed by atoms with Crippen LogP contribution in [0, 0.1) is 11.8 Å². The predicted molar refractivity (Wildman–Crippen MR) is 80.7 cm³/mol. The number of fused-ring (bicyclic) bond motifs is 1. The number of carbonyl (C=O) groups is 1. The molecule has 2 saturated carbocycles. The number of hydrogen-bond donors (Lipinski definition) is 1. The Bertz CT molecular complexity index is 492. The molecule has 1 aromatic rings. The van der Waals surface area contributed by atoms with Crippen molar-refractivity contribution in [3.8, 4) is 0 Å². The van der Waals surface area contributed by atoms with Gasteiger partial charge in [0, 0.05) is 24.0 Å². The van der Waals surface area contributed by atoms with Crippen LogP contribution in [-0.2, 0) is 17.8 Å². The van der Waals surface area contributed by atoms with Gasteiger partial charge in [-0.1, -0.05) is 0 Å². The first-order valence-corrected chi connectivity index (χ1v) is 8.75. The lowest BCUT2D eigenvalue weighted by Crippen LogP contribution is -2.44. The molecule has 0 unspecified atom stereocenters. The van der Waals surface area contributed by atoms with Gasteiger partial charge in [-0.3, -0.25) is 4.79 Å². The zero-order chi connectivity index (χ0) is 13.5. The van der Waals surface area contributed by atoms with Crippen molar-refractivity contribution < 1.29 is 4.79 Å². The predicted octanol–water partition coefficient (Wildman–Crippen LogP) is 2.41. The molecule has 0 radical (unpaired) electrons. The number of hydrogen-bond acceptors (Lipinski definition) is 3. The maximum atomic E-state index is 12.4. The fourth-order valence-corrected chi connectivity index (χ4v) is 4.30. The molecule has 2 heterocycles. The summed E-state index contributed by atoms with van der Waals surface area (Å²) in [4.78, 5) is 15.9. The SMILES string of the molecule is O=C(CNC(C1CC1)C1CC1)N1CCc2sccc2C1. The summed E-state index contributed by atoms with van der Waals surface area (Å²) in [6.45, 7) is 2.25. The fourth-order valence-electron chi connectivity index (χ4n) is 3.41. The van der Waals surface area contributed by atoms with E-state index in [0.717, 1.165) is 31.3 Å². The van der Waals surface area contributed by atoms with Crippen molar-refractivity contribution in [2.45, 2.75) is 44.7 Å². The minimum atomic E-state index is 0.285. The Labute approximate surface area is 124 Å². The van der Waals surface area contributed by atoms with E-state index < -0.39 is 0 Å². The van der Waals surface area contributed by atoms with Crippen molar-refractivity contribution in [3.05, 3.63) is 21.9 Å². The van der Waals surface area contributed by atoms with Gasteiger partial charge in [0.05, 0.1) is 6.54 Å². The molecule has 2 aliphatic carbocycles. The van der Waals surface area contributed by atoms with Crippen LogP contribution in [0.1, 0.15) is 36.1 Å². The third-order valence-electron chi connectivity index (χ3n) is 4.91. The van der Waals surface area contributed by atoms with E-state index in [0.29, 0.717) is 12.6 Å². The molecule has 1 N–H and O–H groups in total.